The van der Waals surface area contributed by atoms with Gasteiger partial charge in [0.2, 0.25) is 0 Å². The lowest BCUT2D eigenvalue weighted by molar-refractivity contribution is 0.301. The van der Waals surface area contributed by atoms with Gasteiger partial charge in [-0.2, -0.15) is 5.26 Å². The molecule has 0 saturated heterocycles. The Kier molecular flexibility index (Phi) is 3.53. The number of likely N-dealkylation sites (N-methyl/N-ethyl adjacent to an activating group) is 1. The van der Waals surface area contributed by atoms with E-state index in [0.717, 1.165) is 25.2 Å². The molecule has 2 heterocycles. The van der Waals surface area contributed by atoms with Gasteiger partial charge in [-0.05, 0) is 32.5 Å². The van der Waals surface area contributed by atoms with Gasteiger partial charge in [-0.25, -0.2) is 0 Å². The van der Waals surface area contributed by atoms with E-state index in [9.17, 15) is 4.79 Å². The van der Waals surface area contributed by atoms with Gasteiger partial charge in [0, 0.05) is 36.8 Å². The highest BCUT2D eigenvalue weighted by Crippen LogP contribution is 2.20. The predicted octanol–water partition coefficient (Wildman–Crippen LogP) is 1.48. The molecule has 0 aromatic carbocycles. The molecule has 1 aromatic rings. The molecule has 0 fully saturated rings. The fraction of sp³-hybridized carbons (Fsp3) is 0.571. The van der Waals surface area contributed by atoms with Crippen molar-refractivity contribution >= 4 is 0 Å². The normalized spacial score (nSPS) is 15.5. The molecule has 1 aliphatic heterocycles. The van der Waals surface area contributed by atoms with Gasteiger partial charge in [-0.15, -0.1) is 0 Å². The van der Waals surface area contributed by atoms with Gasteiger partial charge in [-0.3, -0.25) is 4.79 Å². The van der Waals surface area contributed by atoms with E-state index >= 15 is 0 Å². The number of fused-ring (bicyclic) bond motifs is 1. The highest BCUT2D eigenvalue weighted by Gasteiger charge is 2.21. The third kappa shape index (κ3) is 2.19. The van der Waals surface area contributed by atoms with Crippen LogP contribution in [-0.4, -0.2) is 23.1 Å². The van der Waals surface area contributed by atoms with Crippen molar-refractivity contribution in [2.75, 3.05) is 13.6 Å². The summed E-state index contributed by atoms with van der Waals surface area (Å²) in [4.78, 5) is 14.6. The van der Waals surface area contributed by atoms with E-state index in [1.54, 1.807) is 0 Å². The second-order valence-electron chi connectivity index (χ2n) is 5.23. The van der Waals surface area contributed by atoms with Crippen LogP contribution < -0.4 is 5.56 Å². The van der Waals surface area contributed by atoms with E-state index in [1.165, 1.54) is 5.56 Å². The number of hydrogen-bond donors (Lipinski definition) is 0. The zero-order valence-electron chi connectivity index (χ0n) is 11.2. The topological polar surface area (TPSA) is 49.0 Å². The Hall–Kier alpha value is -1.60. The molecule has 2 rings (SSSR count). The Balaban J connectivity index is 2.63. The van der Waals surface area contributed by atoms with Crippen LogP contribution in [0.1, 0.15) is 36.7 Å². The average Bonchev–Trinajstić information content (AvgIpc) is 2.30. The summed E-state index contributed by atoms with van der Waals surface area (Å²) < 4.78 is 1.87. The first-order chi connectivity index (χ1) is 8.54. The van der Waals surface area contributed by atoms with Crippen molar-refractivity contribution < 1.29 is 0 Å². The molecule has 4 heteroatoms. The van der Waals surface area contributed by atoms with Gasteiger partial charge in [0.15, 0.2) is 0 Å². The fourth-order valence-corrected chi connectivity index (χ4v) is 2.63. The number of rotatable bonds is 2. The minimum absolute atomic E-state index is 0.00912. The van der Waals surface area contributed by atoms with Crippen LogP contribution in [0.15, 0.2) is 10.9 Å². The van der Waals surface area contributed by atoms with Gasteiger partial charge in [0.05, 0.1) is 12.5 Å². The summed E-state index contributed by atoms with van der Waals surface area (Å²) in [6.45, 7) is 5.89. The SMILES string of the molecule is CC(C)n1c2c(cc(CC#N)c1=O)CN(C)CC2. The van der Waals surface area contributed by atoms with Crippen molar-refractivity contribution in [1.82, 2.24) is 9.47 Å². The summed E-state index contributed by atoms with van der Waals surface area (Å²) in [5.41, 5.74) is 2.98. The van der Waals surface area contributed by atoms with E-state index < -0.39 is 0 Å². The molecule has 0 amide bonds. The summed E-state index contributed by atoms with van der Waals surface area (Å²) in [6, 6.07) is 4.15. The van der Waals surface area contributed by atoms with E-state index in [-0.39, 0.29) is 18.0 Å². The maximum Gasteiger partial charge on any atom is 0.255 e. The molecule has 1 aliphatic rings. The molecule has 0 radical (unpaired) electrons. The number of nitrogens with zero attached hydrogens (tertiary/aromatic N) is 3. The lowest BCUT2D eigenvalue weighted by Crippen LogP contribution is -2.36. The molecule has 0 bridgehead atoms. The Morgan fingerprint density at radius 3 is 2.83 bits per heavy atom. The molecular weight excluding hydrogens is 226 g/mol. The third-order valence-electron chi connectivity index (χ3n) is 3.46. The zero-order valence-corrected chi connectivity index (χ0v) is 11.2. The van der Waals surface area contributed by atoms with Crippen molar-refractivity contribution in [3.63, 3.8) is 0 Å². The first kappa shape index (κ1) is 12.8. The van der Waals surface area contributed by atoms with Crippen molar-refractivity contribution in [2.24, 2.45) is 0 Å². The third-order valence-corrected chi connectivity index (χ3v) is 3.46. The molecule has 0 unspecified atom stereocenters. The van der Waals surface area contributed by atoms with Crippen LogP contribution in [0.4, 0.5) is 0 Å². The fourth-order valence-electron chi connectivity index (χ4n) is 2.63. The van der Waals surface area contributed by atoms with Gasteiger partial charge in [-0.1, -0.05) is 0 Å². The molecule has 0 atom stereocenters. The summed E-state index contributed by atoms with van der Waals surface area (Å²) in [7, 11) is 2.08. The predicted molar refractivity (Wildman–Crippen MR) is 70.4 cm³/mol. The molecule has 1 aromatic heterocycles. The Morgan fingerprint density at radius 1 is 1.50 bits per heavy atom. The molecule has 0 N–H and O–H groups in total. The first-order valence-corrected chi connectivity index (χ1v) is 6.36. The summed E-state index contributed by atoms with van der Waals surface area (Å²) in [5.74, 6) is 0. The molecule has 0 spiro atoms. The standard InChI is InChI=1S/C14H19N3O/c1-10(2)17-13-5-7-16(3)9-12(13)8-11(4-6-15)14(17)18/h8,10H,4-5,7,9H2,1-3H3. The van der Waals surface area contributed by atoms with Crippen LogP contribution in [0, 0.1) is 11.3 Å². The Labute approximate surface area is 107 Å². The van der Waals surface area contributed by atoms with E-state index in [0.29, 0.717) is 5.56 Å². The Morgan fingerprint density at radius 2 is 2.22 bits per heavy atom. The summed E-state index contributed by atoms with van der Waals surface area (Å²) >= 11 is 0. The van der Waals surface area contributed by atoms with Crippen LogP contribution in [0.25, 0.3) is 0 Å². The van der Waals surface area contributed by atoms with Crippen LogP contribution >= 0.6 is 0 Å². The highest BCUT2D eigenvalue weighted by atomic mass is 16.1. The van der Waals surface area contributed by atoms with Gasteiger partial charge >= 0.3 is 0 Å². The van der Waals surface area contributed by atoms with Gasteiger partial charge in [0.25, 0.3) is 5.56 Å². The van der Waals surface area contributed by atoms with Crippen molar-refractivity contribution in [1.29, 1.82) is 5.26 Å². The van der Waals surface area contributed by atoms with Crippen molar-refractivity contribution in [3.8, 4) is 6.07 Å². The van der Waals surface area contributed by atoms with Crippen LogP contribution in [0.5, 0.6) is 0 Å². The maximum absolute atomic E-state index is 12.4. The van der Waals surface area contributed by atoms with E-state index in [1.807, 2.05) is 24.5 Å². The minimum Gasteiger partial charge on any atom is -0.310 e. The molecule has 18 heavy (non-hydrogen) atoms. The minimum atomic E-state index is 0.00912. The molecule has 0 saturated carbocycles. The summed E-state index contributed by atoms with van der Waals surface area (Å²) in [5, 5.41) is 8.82. The van der Waals surface area contributed by atoms with Gasteiger partial charge < -0.3 is 9.47 Å². The summed E-state index contributed by atoms with van der Waals surface area (Å²) in [6.07, 6.45) is 1.11. The average molecular weight is 245 g/mol. The number of aromatic nitrogens is 1. The molecular formula is C14H19N3O. The lowest BCUT2D eigenvalue weighted by atomic mass is 10.0. The van der Waals surface area contributed by atoms with E-state index in [4.69, 9.17) is 5.26 Å². The number of pyridine rings is 1. The van der Waals surface area contributed by atoms with Crippen LogP contribution in [0.2, 0.25) is 0 Å². The van der Waals surface area contributed by atoms with Crippen LogP contribution in [0.3, 0.4) is 0 Å². The maximum atomic E-state index is 12.4. The molecule has 4 nitrogen and oxygen atoms in total. The largest absolute Gasteiger partial charge is 0.310 e. The second kappa shape index (κ2) is 4.95. The van der Waals surface area contributed by atoms with Crippen molar-refractivity contribution in [2.45, 2.75) is 39.3 Å². The number of hydrogen-bond acceptors (Lipinski definition) is 3. The first-order valence-electron chi connectivity index (χ1n) is 6.36. The quantitative estimate of drug-likeness (QED) is 0.793. The monoisotopic (exact) mass is 245 g/mol. The number of nitriles is 1. The zero-order chi connectivity index (χ0) is 13.3. The van der Waals surface area contributed by atoms with Gasteiger partial charge in [0.1, 0.15) is 0 Å². The van der Waals surface area contributed by atoms with Crippen molar-refractivity contribution in [3.05, 3.63) is 33.2 Å². The highest BCUT2D eigenvalue weighted by molar-refractivity contribution is 5.30. The lowest BCUT2D eigenvalue weighted by Gasteiger charge is -2.29. The molecule has 96 valence electrons. The smallest absolute Gasteiger partial charge is 0.255 e. The Bertz CT molecular complexity index is 551. The van der Waals surface area contributed by atoms with Crippen LogP contribution in [-0.2, 0) is 19.4 Å². The van der Waals surface area contributed by atoms with E-state index in [2.05, 4.69) is 18.0 Å². The molecule has 0 aliphatic carbocycles. The second-order valence-corrected chi connectivity index (χ2v) is 5.23.